The fraction of sp³-hybridized carbons (Fsp3) is 0.176. The smallest absolute Gasteiger partial charge is 0.338 e. The van der Waals surface area contributed by atoms with E-state index in [1.807, 2.05) is 13.0 Å². The molecule has 0 heterocycles. The van der Waals surface area contributed by atoms with Crippen LogP contribution in [0.15, 0.2) is 42.5 Å². The molecule has 0 aliphatic rings. The van der Waals surface area contributed by atoms with Crippen LogP contribution in [0.25, 0.3) is 0 Å². The molecule has 0 saturated heterocycles. The Hall–Kier alpha value is -2.04. The number of ether oxygens (including phenoxy) is 1. The van der Waals surface area contributed by atoms with Gasteiger partial charge in [-0.05, 0) is 44.2 Å². The Morgan fingerprint density at radius 3 is 2.52 bits per heavy atom. The number of benzene rings is 2. The molecule has 0 spiro atoms. The van der Waals surface area contributed by atoms with Crippen LogP contribution in [0.1, 0.15) is 22.8 Å². The first-order chi connectivity index (χ1) is 10.9. The van der Waals surface area contributed by atoms with E-state index in [9.17, 15) is 9.59 Å². The Labute approximate surface area is 144 Å². The quantitative estimate of drug-likeness (QED) is 0.825. The third kappa shape index (κ3) is 4.71. The zero-order valence-corrected chi connectivity index (χ0v) is 14.1. The van der Waals surface area contributed by atoms with E-state index in [0.29, 0.717) is 21.3 Å². The van der Waals surface area contributed by atoms with Crippen molar-refractivity contribution < 1.29 is 14.3 Å². The van der Waals surface area contributed by atoms with Gasteiger partial charge in [0.25, 0.3) is 5.91 Å². The molecular formula is C17H15Cl2NO3. The van der Waals surface area contributed by atoms with E-state index in [1.165, 1.54) is 13.0 Å². The molecule has 1 atom stereocenters. The fourth-order valence-corrected chi connectivity index (χ4v) is 2.34. The number of carbonyl (C=O) groups is 2. The van der Waals surface area contributed by atoms with Crippen LogP contribution in [0.3, 0.4) is 0 Å². The second-order valence-corrected chi connectivity index (χ2v) is 5.87. The van der Waals surface area contributed by atoms with Gasteiger partial charge in [0.15, 0.2) is 6.10 Å². The Kier molecular flexibility index (Phi) is 5.64. The average Bonchev–Trinajstić information content (AvgIpc) is 2.49. The van der Waals surface area contributed by atoms with Gasteiger partial charge in [-0.3, -0.25) is 4.79 Å². The maximum Gasteiger partial charge on any atom is 0.338 e. The topological polar surface area (TPSA) is 55.4 Å². The lowest BCUT2D eigenvalue weighted by atomic mass is 10.1. The highest BCUT2D eigenvalue weighted by Crippen LogP contribution is 2.25. The monoisotopic (exact) mass is 351 g/mol. The molecule has 120 valence electrons. The standard InChI is InChI=1S/C17H15Cl2NO3/c1-10-4-3-5-12(8-10)17(22)23-11(2)16(21)20-15-7-6-13(18)9-14(15)19/h3-9,11H,1-2H3,(H,20,21)/t11-/m0/s1. The zero-order valence-electron chi connectivity index (χ0n) is 12.6. The average molecular weight is 352 g/mol. The van der Waals surface area contributed by atoms with E-state index >= 15 is 0 Å². The predicted molar refractivity (Wildman–Crippen MR) is 91.1 cm³/mol. The highest BCUT2D eigenvalue weighted by atomic mass is 35.5. The van der Waals surface area contributed by atoms with Gasteiger partial charge in [0.05, 0.1) is 16.3 Å². The molecule has 0 bridgehead atoms. The van der Waals surface area contributed by atoms with Crippen LogP contribution in [0, 0.1) is 6.92 Å². The summed E-state index contributed by atoms with van der Waals surface area (Å²) in [5.41, 5.74) is 1.73. The van der Waals surface area contributed by atoms with Gasteiger partial charge in [0.1, 0.15) is 0 Å². The summed E-state index contributed by atoms with van der Waals surface area (Å²) in [4.78, 5) is 24.1. The lowest BCUT2D eigenvalue weighted by Gasteiger charge is -2.14. The summed E-state index contributed by atoms with van der Waals surface area (Å²) >= 11 is 11.8. The molecule has 0 saturated carbocycles. The zero-order chi connectivity index (χ0) is 17.0. The molecule has 6 heteroatoms. The summed E-state index contributed by atoms with van der Waals surface area (Å²) in [6.07, 6.45) is -0.963. The minimum absolute atomic E-state index is 0.308. The Bertz CT molecular complexity index is 746. The van der Waals surface area contributed by atoms with E-state index in [2.05, 4.69) is 5.32 Å². The third-order valence-corrected chi connectivity index (χ3v) is 3.64. The number of rotatable bonds is 4. The normalized spacial score (nSPS) is 11.7. The number of aryl methyl sites for hydroxylation is 1. The van der Waals surface area contributed by atoms with Crippen molar-refractivity contribution in [1.29, 1.82) is 0 Å². The first-order valence-electron chi connectivity index (χ1n) is 6.90. The van der Waals surface area contributed by atoms with E-state index in [0.717, 1.165) is 5.56 Å². The van der Waals surface area contributed by atoms with Gasteiger partial charge in [-0.15, -0.1) is 0 Å². The van der Waals surface area contributed by atoms with Crippen LogP contribution in [0.5, 0.6) is 0 Å². The number of carbonyl (C=O) groups excluding carboxylic acids is 2. The molecule has 0 unspecified atom stereocenters. The molecule has 1 amide bonds. The van der Waals surface area contributed by atoms with Crippen LogP contribution >= 0.6 is 23.2 Å². The number of nitrogens with one attached hydrogen (secondary N) is 1. The number of hydrogen-bond donors (Lipinski definition) is 1. The van der Waals surface area contributed by atoms with Crippen molar-refractivity contribution in [2.75, 3.05) is 5.32 Å². The Morgan fingerprint density at radius 1 is 1.13 bits per heavy atom. The van der Waals surface area contributed by atoms with Crippen LogP contribution < -0.4 is 5.32 Å². The summed E-state index contributed by atoms with van der Waals surface area (Å²) in [6, 6.07) is 11.7. The molecule has 23 heavy (non-hydrogen) atoms. The summed E-state index contributed by atoms with van der Waals surface area (Å²) in [5.74, 6) is -1.03. The molecule has 4 nitrogen and oxygen atoms in total. The van der Waals surface area contributed by atoms with E-state index in [1.54, 1.807) is 30.3 Å². The number of halogens is 2. The highest BCUT2D eigenvalue weighted by molar-refractivity contribution is 6.36. The molecule has 0 radical (unpaired) electrons. The lowest BCUT2D eigenvalue weighted by molar-refractivity contribution is -0.123. The molecule has 2 rings (SSSR count). The van der Waals surface area contributed by atoms with Crippen molar-refractivity contribution in [3.8, 4) is 0 Å². The molecule has 0 aromatic heterocycles. The van der Waals surface area contributed by atoms with Crippen LogP contribution in [-0.2, 0) is 9.53 Å². The van der Waals surface area contributed by atoms with E-state index in [4.69, 9.17) is 27.9 Å². The van der Waals surface area contributed by atoms with Crippen molar-refractivity contribution >= 4 is 40.8 Å². The molecule has 1 N–H and O–H groups in total. The van der Waals surface area contributed by atoms with Gasteiger partial charge in [-0.1, -0.05) is 40.9 Å². The fourth-order valence-electron chi connectivity index (χ4n) is 1.88. The second kappa shape index (κ2) is 7.49. The minimum atomic E-state index is -0.963. The maximum absolute atomic E-state index is 12.1. The molecule has 0 fully saturated rings. The van der Waals surface area contributed by atoms with Gasteiger partial charge in [0.2, 0.25) is 0 Å². The number of anilines is 1. The largest absolute Gasteiger partial charge is 0.449 e. The number of hydrogen-bond acceptors (Lipinski definition) is 3. The van der Waals surface area contributed by atoms with Crippen molar-refractivity contribution in [3.05, 3.63) is 63.6 Å². The van der Waals surface area contributed by atoms with Gasteiger partial charge >= 0.3 is 5.97 Å². The van der Waals surface area contributed by atoms with Crippen LogP contribution in [-0.4, -0.2) is 18.0 Å². The van der Waals surface area contributed by atoms with Crippen LogP contribution in [0.4, 0.5) is 5.69 Å². The van der Waals surface area contributed by atoms with Gasteiger partial charge in [-0.2, -0.15) is 0 Å². The summed E-state index contributed by atoms with van der Waals surface area (Å²) in [6.45, 7) is 3.36. The van der Waals surface area contributed by atoms with E-state index in [-0.39, 0.29) is 0 Å². The Balaban J connectivity index is 2.01. The van der Waals surface area contributed by atoms with Crippen LogP contribution in [0.2, 0.25) is 10.0 Å². The molecule has 2 aromatic rings. The van der Waals surface area contributed by atoms with Gasteiger partial charge < -0.3 is 10.1 Å². The maximum atomic E-state index is 12.1. The molecule has 0 aliphatic heterocycles. The summed E-state index contributed by atoms with van der Waals surface area (Å²) in [5, 5.41) is 3.37. The SMILES string of the molecule is Cc1cccc(C(=O)O[C@@H](C)C(=O)Nc2ccc(Cl)cc2Cl)c1. The predicted octanol–water partition coefficient (Wildman–Crippen LogP) is 4.49. The second-order valence-electron chi connectivity index (χ2n) is 5.03. The third-order valence-electron chi connectivity index (χ3n) is 3.10. The highest BCUT2D eigenvalue weighted by Gasteiger charge is 2.19. The van der Waals surface area contributed by atoms with Crippen molar-refractivity contribution in [2.45, 2.75) is 20.0 Å². The summed E-state index contributed by atoms with van der Waals surface area (Å²) in [7, 11) is 0. The molecule has 0 aliphatic carbocycles. The number of amides is 1. The van der Waals surface area contributed by atoms with Crippen molar-refractivity contribution in [2.24, 2.45) is 0 Å². The molecular weight excluding hydrogens is 337 g/mol. The van der Waals surface area contributed by atoms with Gasteiger partial charge in [0, 0.05) is 5.02 Å². The first kappa shape index (κ1) is 17.3. The summed E-state index contributed by atoms with van der Waals surface area (Å²) < 4.78 is 5.17. The lowest BCUT2D eigenvalue weighted by Crippen LogP contribution is -2.30. The van der Waals surface area contributed by atoms with E-state index < -0.39 is 18.0 Å². The van der Waals surface area contributed by atoms with Crippen molar-refractivity contribution in [3.63, 3.8) is 0 Å². The number of esters is 1. The first-order valence-corrected chi connectivity index (χ1v) is 7.66. The minimum Gasteiger partial charge on any atom is -0.449 e. The van der Waals surface area contributed by atoms with Crippen molar-refractivity contribution in [1.82, 2.24) is 0 Å². The van der Waals surface area contributed by atoms with Gasteiger partial charge in [-0.25, -0.2) is 4.79 Å². The Morgan fingerprint density at radius 2 is 1.87 bits per heavy atom. The molecule has 2 aromatic carbocycles.